The van der Waals surface area contributed by atoms with E-state index in [0.717, 1.165) is 25.1 Å². The second-order valence-corrected chi connectivity index (χ2v) is 5.77. The Bertz CT molecular complexity index is 442. The van der Waals surface area contributed by atoms with Gasteiger partial charge in [-0.2, -0.15) is 0 Å². The third kappa shape index (κ3) is 3.81. The van der Waals surface area contributed by atoms with Crippen LogP contribution < -0.4 is 5.32 Å². The summed E-state index contributed by atoms with van der Waals surface area (Å²) in [5, 5.41) is 12.2. The topological polar surface area (TPSA) is 52.6 Å². The summed E-state index contributed by atoms with van der Waals surface area (Å²) in [6.07, 6.45) is 2.04. The third-order valence-corrected chi connectivity index (χ3v) is 3.92. The zero-order chi connectivity index (χ0) is 14.5. The minimum absolute atomic E-state index is 0.0114. The average Bonchev–Trinajstić information content (AvgIpc) is 2.86. The first kappa shape index (κ1) is 15.0. The first-order valence-corrected chi connectivity index (χ1v) is 7.35. The highest BCUT2D eigenvalue weighted by molar-refractivity contribution is 5.92. The Morgan fingerprint density at radius 2 is 2.10 bits per heavy atom. The van der Waals surface area contributed by atoms with Crippen LogP contribution >= 0.6 is 0 Å². The molecule has 1 heterocycles. The Morgan fingerprint density at radius 3 is 2.70 bits per heavy atom. The van der Waals surface area contributed by atoms with Crippen LogP contribution in [0.25, 0.3) is 0 Å². The molecular weight excluding hydrogens is 252 g/mol. The molecule has 0 radical (unpaired) electrons. The van der Waals surface area contributed by atoms with E-state index in [4.69, 9.17) is 0 Å². The van der Waals surface area contributed by atoms with Crippen LogP contribution in [0, 0.1) is 0 Å². The van der Waals surface area contributed by atoms with Crippen molar-refractivity contribution in [2.75, 3.05) is 25.0 Å². The summed E-state index contributed by atoms with van der Waals surface area (Å²) >= 11 is 0. The average molecular weight is 276 g/mol. The van der Waals surface area contributed by atoms with Gasteiger partial charge in [0.05, 0.1) is 13.2 Å². The van der Waals surface area contributed by atoms with Crippen LogP contribution in [0.15, 0.2) is 24.3 Å². The summed E-state index contributed by atoms with van der Waals surface area (Å²) in [6.45, 7) is 5.68. The van der Waals surface area contributed by atoms with E-state index in [9.17, 15) is 9.90 Å². The molecule has 1 saturated heterocycles. The molecule has 2 rings (SSSR count). The molecule has 1 aromatic carbocycles. The summed E-state index contributed by atoms with van der Waals surface area (Å²) in [5.74, 6) is 0.484. The molecule has 0 aromatic heterocycles. The monoisotopic (exact) mass is 276 g/mol. The van der Waals surface area contributed by atoms with Gasteiger partial charge in [0.2, 0.25) is 5.91 Å². The quantitative estimate of drug-likeness (QED) is 0.867. The molecule has 0 saturated carbocycles. The van der Waals surface area contributed by atoms with Crippen LogP contribution in [0.4, 0.5) is 5.69 Å². The molecule has 1 aromatic rings. The number of benzene rings is 1. The third-order valence-electron chi connectivity index (χ3n) is 3.92. The number of likely N-dealkylation sites (tertiary alicyclic amines) is 1. The standard InChI is InChI=1S/C16H24N2O2/c1-12(2)13-5-7-14(8-6-13)17-16(20)10-18-9-3-4-15(18)11-19/h5-8,12,15,19H,3-4,9-11H2,1-2H3,(H,17,20). The number of carbonyl (C=O) groups excluding carboxylic acids is 1. The number of aliphatic hydroxyl groups excluding tert-OH is 1. The molecule has 1 amide bonds. The van der Waals surface area contributed by atoms with Crippen molar-refractivity contribution >= 4 is 11.6 Å². The normalized spacial score (nSPS) is 19.5. The molecule has 4 nitrogen and oxygen atoms in total. The van der Waals surface area contributed by atoms with Gasteiger partial charge in [-0.25, -0.2) is 0 Å². The van der Waals surface area contributed by atoms with Gasteiger partial charge in [0.15, 0.2) is 0 Å². The maximum absolute atomic E-state index is 12.0. The molecule has 1 aliphatic heterocycles. The van der Waals surface area contributed by atoms with Crippen molar-refractivity contribution in [3.8, 4) is 0 Å². The van der Waals surface area contributed by atoms with Crippen molar-refractivity contribution in [3.63, 3.8) is 0 Å². The zero-order valence-corrected chi connectivity index (χ0v) is 12.3. The largest absolute Gasteiger partial charge is 0.395 e. The van der Waals surface area contributed by atoms with Crippen molar-refractivity contribution in [1.29, 1.82) is 0 Å². The highest BCUT2D eigenvalue weighted by Gasteiger charge is 2.25. The summed E-state index contributed by atoms with van der Waals surface area (Å²) in [5.41, 5.74) is 2.10. The smallest absolute Gasteiger partial charge is 0.238 e. The van der Waals surface area contributed by atoms with E-state index in [1.54, 1.807) is 0 Å². The highest BCUT2D eigenvalue weighted by atomic mass is 16.3. The number of carbonyl (C=O) groups is 1. The van der Waals surface area contributed by atoms with Gasteiger partial charge in [0.1, 0.15) is 0 Å². The van der Waals surface area contributed by atoms with Gasteiger partial charge in [0.25, 0.3) is 0 Å². The van der Waals surface area contributed by atoms with Gasteiger partial charge in [-0.15, -0.1) is 0 Å². The van der Waals surface area contributed by atoms with Crippen LogP contribution in [0.2, 0.25) is 0 Å². The van der Waals surface area contributed by atoms with E-state index < -0.39 is 0 Å². The lowest BCUT2D eigenvalue weighted by Crippen LogP contribution is -2.38. The molecular formula is C16H24N2O2. The first-order chi connectivity index (χ1) is 9.60. The van der Waals surface area contributed by atoms with Gasteiger partial charge in [-0.05, 0) is 43.0 Å². The number of hydrogen-bond acceptors (Lipinski definition) is 3. The van der Waals surface area contributed by atoms with Crippen LogP contribution in [-0.2, 0) is 4.79 Å². The van der Waals surface area contributed by atoms with Crippen molar-refractivity contribution in [1.82, 2.24) is 4.90 Å². The van der Waals surface area contributed by atoms with Crippen molar-refractivity contribution in [3.05, 3.63) is 29.8 Å². The summed E-state index contributed by atoms with van der Waals surface area (Å²) < 4.78 is 0. The highest BCUT2D eigenvalue weighted by Crippen LogP contribution is 2.18. The van der Waals surface area contributed by atoms with Crippen LogP contribution in [0.1, 0.15) is 38.2 Å². The van der Waals surface area contributed by atoms with Gasteiger partial charge in [-0.1, -0.05) is 26.0 Å². The summed E-state index contributed by atoms with van der Waals surface area (Å²) in [4.78, 5) is 14.1. The van der Waals surface area contributed by atoms with Crippen molar-refractivity contribution in [2.45, 2.75) is 38.6 Å². The number of anilines is 1. The number of nitrogens with one attached hydrogen (secondary N) is 1. The predicted octanol–water partition coefficient (Wildman–Crippen LogP) is 2.21. The second kappa shape index (κ2) is 6.86. The molecule has 20 heavy (non-hydrogen) atoms. The molecule has 0 bridgehead atoms. The molecule has 1 unspecified atom stereocenters. The first-order valence-electron chi connectivity index (χ1n) is 7.35. The number of hydrogen-bond donors (Lipinski definition) is 2. The molecule has 1 atom stereocenters. The number of aliphatic hydroxyl groups is 1. The Labute approximate surface area is 120 Å². The maximum atomic E-state index is 12.0. The Balaban J connectivity index is 1.88. The van der Waals surface area contributed by atoms with Crippen molar-refractivity contribution < 1.29 is 9.90 Å². The van der Waals surface area contributed by atoms with E-state index in [1.165, 1.54) is 5.56 Å². The Hall–Kier alpha value is -1.39. The molecule has 2 N–H and O–H groups in total. The summed E-state index contributed by atoms with van der Waals surface area (Å²) in [6, 6.07) is 8.13. The molecule has 110 valence electrons. The van der Waals surface area contributed by atoms with E-state index in [2.05, 4.69) is 24.1 Å². The number of amides is 1. The van der Waals surface area contributed by atoms with Crippen LogP contribution in [0.3, 0.4) is 0 Å². The second-order valence-electron chi connectivity index (χ2n) is 5.77. The lowest BCUT2D eigenvalue weighted by molar-refractivity contribution is -0.117. The van der Waals surface area contributed by atoms with Gasteiger partial charge >= 0.3 is 0 Å². The fourth-order valence-electron chi connectivity index (χ4n) is 2.65. The molecule has 4 heteroatoms. The molecule has 1 aliphatic rings. The zero-order valence-electron chi connectivity index (χ0n) is 12.3. The molecule has 0 aliphatic carbocycles. The van der Waals surface area contributed by atoms with E-state index >= 15 is 0 Å². The maximum Gasteiger partial charge on any atom is 0.238 e. The van der Waals surface area contributed by atoms with E-state index in [1.807, 2.05) is 24.3 Å². The molecule has 1 fully saturated rings. The Kier molecular flexibility index (Phi) is 5.15. The number of rotatable bonds is 5. The molecule has 0 spiro atoms. The van der Waals surface area contributed by atoms with Crippen LogP contribution in [0.5, 0.6) is 0 Å². The minimum atomic E-state index is -0.0114. The lowest BCUT2D eigenvalue weighted by atomic mass is 10.0. The van der Waals surface area contributed by atoms with E-state index in [0.29, 0.717) is 12.5 Å². The minimum Gasteiger partial charge on any atom is -0.395 e. The van der Waals surface area contributed by atoms with Gasteiger partial charge < -0.3 is 10.4 Å². The number of nitrogens with zero attached hydrogens (tertiary/aromatic N) is 1. The van der Waals surface area contributed by atoms with Gasteiger partial charge in [0, 0.05) is 11.7 Å². The van der Waals surface area contributed by atoms with Crippen LogP contribution in [-0.4, -0.2) is 41.7 Å². The SMILES string of the molecule is CC(C)c1ccc(NC(=O)CN2CCCC2CO)cc1. The van der Waals surface area contributed by atoms with E-state index in [-0.39, 0.29) is 18.6 Å². The predicted molar refractivity (Wildman–Crippen MR) is 80.8 cm³/mol. The fraction of sp³-hybridized carbons (Fsp3) is 0.562. The summed E-state index contributed by atoms with van der Waals surface area (Å²) in [7, 11) is 0. The fourth-order valence-corrected chi connectivity index (χ4v) is 2.65. The lowest BCUT2D eigenvalue weighted by Gasteiger charge is -2.21. The van der Waals surface area contributed by atoms with Crippen molar-refractivity contribution in [2.24, 2.45) is 0 Å². The Morgan fingerprint density at radius 1 is 1.40 bits per heavy atom. The van der Waals surface area contributed by atoms with Gasteiger partial charge in [-0.3, -0.25) is 9.69 Å².